The highest BCUT2D eigenvalue weighted by atomic mass is 16.2. The molecule has 1 atom stereocenters. The molecule has 1 unspecified atom stereocenters. The van der Waals surface area contributed by atoms with Crippen molar-refractivity contribution in [3.05, 3.63) is 0 Å². The molecule has 1 aliphatic rings. The number of rotatable bonds is 6. The Kier molecular flexibility index (Phi) is 6.69. The lowest BCUT2D eigenvalue weighted by Gasteiger charge is -2.27. The Bertz CT molecular complexity index is 245. The number of amides is 1. The fourth-order valence-electron chi connectivity index (χ4n) is 2.75. The van der Waals surface area contributed by atoms with E-state index in [0.717, 1.165) is 18.9 Å². The Balaban J connectivity index is 2.42. The lowest BCUT2D eigenvalue weighted by molar-refractivity contribution is -0.131. The van der Waals surface area contributed by atoms with Crippen LogP contribution in [0.5, 0.6) is 0 Å². The van der Waals surface area contributed by atoms with Gasteiger partial charge < -0.3 is 10.2 Å². The van der Waals surface area contributed by atoms with Crippen LogP contribution in [-0.4, -0.2) is 37.5 Å². The second-order valence-electron chi connectivity index (χ2n) is 6.33. The number of carbonyl (C=O) groups is 1. The normalized spacial score (nSPS) is 18.9. The van der Waals surface area contributed by atoms with Crippen molar-refractivity contribution in [3.8, 4) is 0 Å². The molecule has 0 spiro atoms. The number of likely N-dealkylation sites (N-methyl/N-ethyl adjacent to an activating group) is 1. The van der Waals surface area contributed by atoms with Gasteiger partial charge in [0.2, 0.25) is 5.91 Å². The molecule has 3 heteroatoms. The summed E-state index contributed by atoms with van der Waals surface area (Å²) in [7, 11) is 3.69. The van der Waals surface area contributed by atoms with Crippen LogP contribution in [-0.2, 0) is 4.79 Å². The Morgan fingerprint density at radius 1 is 1.22 bits per heavy atom. The van der Waals surface area contributed by atoms with Gasteiger partial charge in [0.05, 0.1) is 6.04 Å². The van der Waals surface area contributed by atoms with Crippen molar-refractivity contribution in [2.24, 2.45) is 11.8 Å². The van der Waals surface area contributed by atoms with Crippen LogP contribution in [0.4, 0.5) is 0 Å². The van der Waals surface area contributed by atoms with Crippen molar-refractivity contribution >= 4 is 5.91 Å². The Hall–Kier alpha value is -0.570. The maximum atomic E-state index is 12.1. The summed E-state index contributed by atoms with van der Waals surface area (Å²) in [6.07, 6.45) is 7.72. The van der Waals surface area contributed by atoms with Crippen LogP contribution < -0.4 is 5.32 Å². The molecule has 0 radical (unpaired) electrons. The summed E-state index contributed by atoms with van der Waals surface area (Å²) in [6, 6.07) is 0.00178. The van der Waals surface area contributed by atoms with Gasteiger partial charge in [0.25, 0.3) is 0 Å². The molecule has 0 aromatic carbocycles. The second kappa shape index (κ2) is 7.78. The molecule has 0 saturated heterocycles. The standard InChI is InChI=1S/C15H30N2O/c1-12(2)10-14(15(18)17(3)4)16-11-13-8-6-5-7-9-13/h12-14,16H,5-11H2,1-4H3. The van der Waals surface area contributed by atoms with Gasteiger partial charge in [0, 0.05) is 14.1 Å². The van der Waals surface area contributed by atoms with Gasteiger partial charge in [0.15, 0.2) is 0 Å². The molecule has 0 aromatic rings. The molecule has 1 N–H and O–H groups in total. The van der Waals surface area contributed by atoms with E-state index in [2.05, 4.69) is 19.2 Å². The first-order valence-corrected chi connectivity index (χ1v) is 7.45. The number of nitrogens with zero attached hydrogens (tertiary/aromatic N) is 1. The summed E-state index contributed by atoms with van der Waals surface area (Å²) >= 11 is 0. The molecule has 0 heterocycles. The van der Waals surface area contributed by atoms with E-state index in [1.165, 1.54) is 32.1 Å². The lowest BCUT2D eigenvalue weighted by atomic mass is 9.89. The highest BCUT2D eigenvalue weighted by Gasteiger charge is 2.22. The van der Waals surface area contributed by atoms with Crippen molar-refractivity contribution in [1.29, 1.82) is 0 Å². The number of carbonyl (C=O) groups excluding carboxylic acids is 1. The van der Waals surface area contributed by atoms with Gasteiger partial charge >= 0.3 is 0 Å². The average molecular weight is 254 g/mol. The topological polar surface area (TPSA) is 32.3 Å². The molecule has 0 aliphatic heterocycles. The first-order valence-electron chi connectivity index (χ1n) is 7.45. The third-order valence-electron chi connectivity index (χ3n) is 3.82. The van der Waals surface area contributed by atoms with Gasteiger partial charge in [-0.15, -0.1) is 0 Å². The predicted octanol–water partition coefficient (Wildman–Crippen LogP) is 2.66. The van der Waals surface area contributed by atoms with Crippen molar-refractivity contribution in [1.82, 2.24) is 10.2 Å². The summed E-state index contributed by atoms with van der Waals surface area (Å²) in [6.45, 7) is 5.37. The summed E-state index contributed by atoms with van der Waals surface area (Å²) in [5, 5.41) is 3.51. The second-order valence-corrected chi connectivity index (χ2v) is 6.33. The third kappa shape index (κ3) is 5.38. The number of hydrogen-bond acceptors (Lipinski definition) is 2. The molecule has 1 amide bonds. The van der Waals surface area contributed by atoms with Crippen LogP contribution in [0.2, 0.25) is 0 Å². The predicted molar refractivity (Wildman–Crippen MR) is 76.5 cm³/mol. The molecular formula is C15H30N2O. The fraction of sp³-hybridized carbons (Fsp3) is 0.933. The van der Waals surface area contributed by atoms with Gasteiger partial charge in [0.1, 0.15) is 0 Å². The SMILES string of the molecule is CC(C)CC(NCC1CCCCC1)C(=O)N(C)C. The minimum Gasteiger partial charge on any atom is -0.347 e. The van der Waals surface area contributed by atoms with Crippen LogP contribution in [0.1, 0.15) is 52.4 Å². The first kappa shape index (κ1) is 15.5. The van der Waals surface area contributed by atoms with Crippen LogP contribution in [0.15, 0.2) is 0 Å². The maximum Gasteiger partial charge on any atom is 0.239 e. The third-order valence-corrected chi connectivity index (χ3v) is 3.82. The summed E-state index contributed by atoms with van der Waals surface area (Å²) in [5.74, 6) is 1.56. The molecule has 1 saturated carbocycles. The Morgan fingerprint density at radius 3 is 2.33 bits per heavy atom. The summed E-state index contributed by atoms with van der Waals surface area (Å²) in [4.78, 5) is 13.8. The zero-order chi connectivity index (χ0) is 13.5. The van der Waals surface area contributed by atoms with Crippen LogP contribution in [0, 0.1) is 11.8 Å². The molecule has 18 heavy (non-hydrogen) atoms. The van der Waals surface area contributed by atoms with Gasteiger partial charge in [-0.05, 0) is 37.6 Å². The maximum absolute atomic E-state index is 12.1. The van der Waals surface area contributed by atoms with Crippen LogP contribution in [0.25, 0.3) is 0 Å². The van der Waals surface area contributed by atoms with Crippen molar-refractivity contribution in [2.45, 2.75) is 58.4 Å². The highest BCUT2D eigenvalue weighted by Crippen LogP contribution is 2.23. The highest BCUT2D eigenvalue weighted by molar-refractivity contribution is 5.81. The molecule has 1 rings (SSSR count). The van der Waals surface area contributed by atoms with E-state index in [0.29, 0.717) is 5.92 Å². The van der Waals surface area contributed by atoms with E-state index in [4.69, 9.17) is 0 Å². The van der Waals surface area contributed by atoms with Crippen LogP contribution >= 0.6 is 0 Å². The summed E-state index contributed by atoms with van der Waals surface area (Å²) < 4.78 is 0. The number of hydrogen-bond donors (Lipinski definition) is 1. The minimum absolute atomic E-state index is 0.00178. The molecule has 0 aromatic heterocycles. The fourth-order valence-corrected chi connectivity index (χ4v) is 2.75. The van der Waals surface area contributed by atoms with E-state index in [-0.39, 0.29) is 11.9 Å². The lowest BCUT2D eigenvalue weighted by Crippen LogP contribution is -2.46. The molecular weight excluding hydrogens is 224 g/mol. The largest absolute Gasteiger partial charge is 0.347 e. The van der Waals surface area contributed by atoms with Crippen LogP contribution in [0.3, 0.4) is 0 Å². The molecule has 1 fully saturated rings. The molecule has 3 nitrogen and oxygen atoms in total. The molecule has 1 aliphatic carbocycles. The smallest absolute Gasteiger partial charge is 0.239 e. The minimum atomic E-state index is 0.00178. The quantitative estimate of drug-likeness (QED) is 0.790. The van der Waals surface area contributed by atoms with E-state index in [9.17, 15) is 4.79 Å². The Morgan fingerprint density at radius 2 is 1.83 bits per heavy atom. The zero-order valence-corrected chi connectivity index (χ0v) is 12.5. The first-order chi connectivity index (χ1) is 8.50. The van der Waals surface area contributed by atoms with Crippen molar-refractivity contribution in [3.63, 3.8) is 0 Å². The Labute approximate surface area is 112 Å². The monoisotopic (exact) mass is 254 g/mol. The van der Waals surface area contributed by atoms with E-state index < -0.39 is 0 Å². The number of nitrogens with one attached hydrogen (secondary N) is 1. The van der Waals surface area contributed by atoms with E-state index in [1.54, 1.807) is 4.90 Å². The van der Waals surface area contributed by atoms with Crippen molar-refractivity contribution < 1.29 is 4.79 Å². The van der Waals surface area contributed by atoms with Gasteiger partial charge in [-0.25, -0.2) is 0 Å². The molecule has 106 valence electrons. The van der Waals surface area contributed by atoms with E-state index in [1.807, 2.05) is 14.1 Å². The van der Waals surface area contributed by atoms with Gasteiger partial charge in [-0.3, -0.25) is 4.79 Å². The zero-order valence-electron chi connectivity index (χ0n) is 12.5. The van der Waals surface area contributed by atoms with Gasteiger partial charge in [-0.2, -0.15) is 0 Å². The van der Waals surface area contributed by atoms with E-state index >= 15 is 0 Å². The average Bonchev–Trinajstić information content (AvgIpc) is 2.34. The van der Waals surface area contributed by atoms with Crippen molar-refractivity contribution in [2.75, 3.05) is 20.6 Å². The summed E-state index contributed by atoms with van der Waals surface area (Å²) in [5.41, 5.74) is 0. The van der Waals surface area contributed by atoms with Gasteiger partial charge in [-0.1, -0.05) is 33.1 Å². The molecule has 0 bridgehead atoms.